The summed E-state index contributed by atoms with van der Waals surface area (Å²) in [5.41, 5.74) is 0. The molecule has 0 fully saturated rings. The Kier molecular flexibility index (Phi) is 10.5. The number of aliphatic hydroxyl groups excluding tert-OH is 3. The summed E-state index contributed by atoms with van der Waals surface area (Å²) < 4.78 is 0. The molecule has 0 radical (unpaired) electrons. The first kappa shape index (κ1) is 18.8. The molecule has 0 aromatic rings. The van der Waals surface area contributed by atoms with Crippen LogP contribution in [0.2, 0.25) is 0 Å². The Morgan fingerprint density at radius 2 is 1.47 bits per heavy atom. The zero-order valence-corrected chi connectivity index (χ0v) is 12.9. The van der Waals surface area contributed by atoms with Gasteiger partial charge in [0.25, 0.3) is 0 Å². The first-order valence-electron chi connectivity index (χ1n) is 7.30. The molecule has 0 aliphatic heterocycles. The van der Waals surface area contributed by atoms with Crippen molar-refractivity contribution in [2.24, 2.45) is 0 Å². The molecule has 5 heteroatoms. The van der Waals surface area contributed by atoms with Crippen molar-refractivity contribution >= 4 is 0 Å². The summed E-state index contributed by atoms with van der Waals surface area (Å²) in [7, 11) is 1.99. The van der Waals surface area contributed by atoms with E-state index in [1.807, 2.05) is 14.0 Å². The monoisotopic (exact) mass is 276 g/mol. The van der Waals surface area contributed by atoms with Crippen molar-refractivity contribution in [1.29, 1.82) is 0 Å². The first-order chi connectivity index (χ1) is 8.85. The molecule has 0 rings (SSSR count). The van der Waals surface area contributed by atoms with Crippen molar-refractivity contribution in [3.05, 3.63) is 0 Å². The Labute approximate surface area is 117 Å². The van der Waals surface area contributed by atoms with Gasteiger partial charge in [0.05, 0.1) is 18.3 Å². The predicted octanol–water partition coefficient (Wildman–Crippen LogP) is 0.143. The minimum Gasteiger partial charge on any atom is -0.392 e. The van der Waals surface area contributed by atoms with Crippen LogP contribution >= 0.6 is 0 Å². The van der Waals surface area contributed by atoms with Crippen molar-refractivity contribution in [3.63, 3.8) is 0 Å². The van der Waals surface area contributed by atoms with Gasteiger partial charge in [-0.1, -0.05) is 6.92 Å². The molecule has 0 aliphatic carbocycles. The minimum absolute atomic E-state index is 0.305. The van der Waals surface area contributed by atoms with E-state index in [2.05, 4.69) is 9.80 Å². The molecule has 3 N–H and O–H groups in total. The van der Waals surface area contributed by atoms with Gasteiger partial charge in [-0.05, 0) is 46.8 Å². The van der Waals surface area contributed by atoms with E-state index in [0.29, 0.717) is 19.6 Å². The predicted molar refractivity (Wildman–Crippen MR) is 78.2 cm³/mol. The normalized spacial score (nSPS) is 16.9. The summed E-state index contributed by atoms with van der Waals surface area (Å²) in [6.07, 6.45) is 0.693. The first-order valence-corrected chi connectivity index (χ1v) is 7.30. The zero-order chi connectivity index (χ0) is 14.8. The van der Waals surface area contributed by atoms with Gasteiger partial charge in [0.15, 0.2) is 0 Å². The van der Waals surface area contributed by atoms with Crippen molar-refractivity contribution in [1.82, 2.24) is 9.80 Å². The Morgan fingerprint density at radius 1 is 0.895 bits per heavy atom. The summed E-state index contributed by atoms with van der Waals surface area (Å²) >= 11 is 0. The van der Waals surface area contributed by atoms with Crippen molar-refractivity contribution in [2.45, 2.75) is 51.9 Å². The highest BCUT2D eigenvalue weighted by Gasteiger charge is 2.12. The van der Waals surface area contributed by atoms with E-state index in [1.54, 1.807) is 13.8 Å². The van der Waals surface area contributed by atoms with Gasteiger partial charge in [-0.15, -0.1) is 0 Å². The second-order valence-electron chi connectivity index (χ2n) is 5.64. The second-order valence-corrected chi connectivity index (χ2v) is 5.64. The van der Waals surface area contributed by atoms with Crippen LogP contribution in [0.1, 0.15) is 33.6 Å². The van der Waals surface area contributed by atoms with Crippen LogP contribution in [-0.2, 0) is 0 Å². The molecule has 0 spiro atoms. The van der Waals surface area contributed by atoms with Crippen molar-refractivity contribution in [3.8, 4) is 0 Å². The highest BCUT2D eigenvalue weighted by atomic mass is 16.3. The fourth-order valence-corrected chi connectivity index (χ4v) is 2.16. The van der Waals surface area contributed by atoms with E-state index < -0.39 is 0 Å². The lowest BCUT2D eigenvalue weighted by molar-refractivity contribution is 0.0709. The maximum Gasteiger partial charge on any atom is 0.0664 e. The lowest BCUT2D eigenvalue weighted by Crippen LogP contribution is -2.39. The maximum atomic E-state index is 9.70. The van der Waals surface area contributed by atoms with Crippen LogP contribution in [0, 0.1) is 0 Å². The quantitative estimate of drug-likeness (QED) is 0.501. The molecule has 5 nitrogen and oxygen atoms in total. The standard InChI is InChI=1S/C14H32N2O3/c1-5-14(19)11-16(10-13(3)18)8-6-7-15(4)9-12(2)17/h12-14,17-19H,5-11H2,1-4H3. The fourth-order valence-electron chi connectivity index (χ4n) is 2.16. The van der Waals surface area contributed by atoms with Gasteiger partial charge in [-0.25, -0.2) is 0 Å². The summed E-state index contributed by atoms with van der Waals surface area (Å²) in [5.74, 6) is 0. The van der Waals surface area contributed by atoms with Gasteiger partial charge < -0.3 is 20.2 Å². The van der Waals surface area contributed by atoms with Crippen LogP contribution in [-0.4, -0.2) is 83.2 Å². The molecule has 19 heavy (non-hydrogen) atoms. The minimum atomic E-state index is -0.376. The highest BCUT2D eigenvalue weighted by Crippen LogP contribution is 2.01. The summed E-state index contributed by atoms with van der Waals surface area (Å²) in [6.45, 7) is 9.16. The SMILES string of the molecule is CCC(O)CN(CCCN(C)CC(C)O)CC(C)O. The van der Waals surface area contributed by atoms with Crippen LogP contribution in [0.5, 0.6) is 0 Å². The van der Waals surface area contributed by atoms with Gasteiger partial charge in [-0.3, -0.25) is 4.90 Å². The summed E-state index contributed by atoms with van der Waals surface area (Å²) in [5, 5.41) is 28.5. The van der Waals surface area contributed by atoms with Gasteiger partial charge in [0.2, 0.25) is 0 Å². The molecule has 0 amide bonds. The van der Waals surface area contributed by atoms with Crippen LogP contribution in [0.3, 0.4) is 0 Å². The summed E-state index contributed by atoms with van der Waals surface area (Å²) in [6, 6.07) is 0. The Morgan fingerprint density at radius 3 is 1.95 bits per heavy atom. The summed E-state index contributed by atoms with van der Waals surface area (Å²) in [4.78, 5) is 4.20. The third kappa shape index (κ3) is 11.3. The molecule has 0 aromatic heterocycles. The number of hydrogen-bond donors (Lipinski definition) is 3. The molecule has 0 aromatic carbocycles. The molecular weight excluding hydrogens is 244 g/mol. The highest BCUT2D eigenvalue weighted by molar-refractivity contribution is 4.67. The van der Waals surface area contributed by atoms with Crippen LogP contribution in [0.15, 0.2) is 0 Å². The van der Waals surface area contributed by atoms with Gasteiger partial charge in [-0.2, -0.15) is 0 Å². The van der Waals surface area contributed by atoms with Gasteiger partial charge >= 0.3 is 0 Å². The van der Waals surface area contributed by atoms with E-state index in [1.165, 1.54) is 0 Å². The molecular formula is C14H32N2O3. The number of aliphatic hydroxyl groups is 3. The Balaban J connectivity index is 3.97. The second kappa shape index (κ2) is 10.6. The number of likely N-dealkylation sites (N-methyl/N-ethyl adjacent to an activating group) is 1. The van der Waals surface area contributed by atoms with Crippen LogP contribution in [0.4, 0.5) is 0 Å². The maximum absolute atomic E-state index is 9.70. The van der Waals surface area contributed by atoms with Crippen molar-refractivity contribution < 1.29 is 15.3 Å². The molecule has 0 saturated heterocycles. The smallest absolute Gasteiger partial charge is 0.0664 e. The molecule has 116 valence electrons. The number of rotatable bonds is 11. The van der Waals surface area contributed by atoms with Gasteiger partial charge in [0, 0.05) is 19.6 Å². The topological polar surface area (TPSA) is 67.2 Å². The molecule has 0 aliphatic rings. The molecule has 0 bridgehead atoms. The number of nitrogens with zero attached hydrogens (tertiary/aromatic N) is 2. The lowest BCUT2D eigenvalue weighted by Gasteiger charge is -2.27. The zero-order valence-electron chi connectivity index (χ0n) is 12.9. The molecule has 3 unspecified atom stereocenters. The average molecular weight is 276 g/mol. The molecule has 0 heterocycles. The fraction of sp³-hybridized carbons (Fsp3) is 1.00. The molecule has 3 atom stereocenters. The van der Waals surface area contributed by atoms with Crippen molar-refractivity contribution in [2.75, 3.05) is 39.8 Å². The van der Waals surface area contributed by atoms with Gasteiger partial charge in [0.1, 0.15) is 0 Å². The Bertz CT molecular complexity index is 213. The van der Waals surface area contributed by atoms with E-state index >= 15 is 0 Å². The van der Waals surface area contributed by atoms with E-state index in [4.69, 9.17) is 0 Å². The van der Waals surface area contributed by atoms with E-state index in [0.717, 1.165) is 25.9 Å². The van der Waals surface area contributed by atoms with E-state index in [-0.39, 0.29) is 18.3 Å². The van der Waals surface area contributed by atoms with Crippen LogP contribution < -0.4 is 0 Å². The lowest BCUT2D eigenvalue weighted by atomic mass is 10.2. The number of hydrogen-bond acceptors (Lipinski definition) is 5. The average Bonchev–Trinajstić information content (AvgIpc) is 2.26. The third-order valence-corrected chi connectivity index (χ3v) is 3.05. The van der Waals surface area contributed by atoms with E-state index in [9.17, 15) is 15.3 Å². The third-order valence-electron chi connectivity index (χ3n) is 3.05. The van der Waals surface area contributed by atoms with Crippen LogP contribution in [0.25, 0.3) is 0 Å². The molecule has 0 saturated carbocycles. The largest absolute Gasteiger partial charge is 0.392 e. The Hall–Kier alpha value is -0.200.